The van der Waals surface area contributed by atoms with Gasteiger partial charge >= 0.3 is 0 Å². The van der Waals surface area contributed by atoms with E-state index in [1.165, 1.54) is 0 Å². The Morgan fingerprint density at radius 3 is 2.94 bits per heavy atom. The molecule has 0 amide bonds. The number of hydrogen-bond donors (Lipinski definition) is 3. The van der Waals surface area contributed by atoms with Crippen molar-refractivity contribution >= 4 is 27.7 Å². The number of rotatable bonds is 7. The molecule has 0 radical (unpaired) electrons. The molecule has 1 aromatic rings. The molecule has 17 heavy (non-hydrogen) atoms. The third-order valence-corrected chi connectivity index (χ3v) is 2.78. The molecule has 1 unspecified atom stereocenters. The van der Waals surface area contributed by atoms with Gasteiger partial charge in [-0.05, 0) is 22.4 Å². The predicted octanol–water partition coefficient (Wildman–Crippen LogP) is 1.09. The quantitative estimate of drug-likeness (QED) is 0.700. The summed E-state index contributed by atoms with van der Waals surface area (Å²) in [5.41, 5.74) is 0. The molecule has 7 heteroatoms. The number of methoxy groups -OCH3 is 1. The molecule has 0 bridgehead atoms. The largest absolute Gasteiger partial charge is 0.394 e. The second-order valence-electron chi connectivity index (χ2n) is 3.45. The minimum atomic E-state index is -0.0918. The van der Waals surface area contributed by atoms with Crippen molar-refractivity contribution in [2.24, 2.45) is 0 Å². The molecule has 0 aliphatic rings. The van der Waals surface area contributed by atoms with Crippen LogP contribution in [0.5, 0.6) is 0 Å². The number of anilines is 2. The highest BCUT2D eigenvalue weighted by Crippen LogP contribution is 2.21. The topological polar surface area (TPSA) is 79.3 Å². The van der Waals surface area contributed by atoms with E-state index in [4.69, 9.17) is 4.74 Å². The smallest absolute Gasteiger partial charge is 0.224 e. The molecule has 0 saturated heterocycles. The van der Waals surface area contributed by atoms with Gasteiger partial charge in [0, 0.05) is 27.0 Å². The van der Waals surface area contributed by atoms with Crippen LogP contribution in [0.3, 0.4) is 0 Å². The van der Waals surface area contributed by atoms with Crippen molar-refractivity contribution in [3.05, 3.63) is 10.7 Å². The van der Waals surface area contributed by atoms with E-state index in [0.717, 1.165) is 4.47 Å². The van der Waals surface area contributed by atoms with Crippen molar-refractivity contribution < 1.29 is 9.84 Å². The number of ether oxygens (including phenoxy) is 1. The Hall–Kier alpha value is -0.920. The molecule has 0 aromatic carbocycles. The summed E-state index contributed by atoms with van der Waals surface area (Å²) in [6.45, 7) is 0.606. The lowest BCUT2D eigenvalue weighted by Gasteiger charge is -2.17. The zero-order valence-corrected chi connectivity index (χ0v) is 11.5. The normalized spacial score (nSPS) is 12.2. The molecule has 0 aliphatic carbocycles. The predicted molar refractivity (Wildman–Crippen MR) is 70.3 cm³/mol. The summed E-state index contributed by atoms with van der Waals surface area (Å²) in [4.78, 5) is 8.31. The first-order valence-corrected chi connectivity index (χ1v) is 6.07. The molecule has 1 rings (SSSR count). The van der Waals surface area contributed by atoms with Crippen LogP contribution < -0.4 is 10.6 Å². The fourth-order valence-corrected chi connectivity index (χ4v) is 1.56. The number of aliphatic hydroxyl groups excluding tert-OH is 1. The van der Waals surface area contributed by atoms with Gasteiger partial charge in [0.25, 0.3) is 0 Å². The minimum Gasteiger partial charge on any atom is -0.394 e. The maximum Gasteiger partial charge on any atom is 0.224 e. The highest BCUT2D eigenvalue weighted by Gasteiger charge is 2.11. The van der Waals surface area contributed by atoms with Gasteiger partial charge in [-0.15, -0.1) is 0 Å². The Bertz CT molecular complexity index is 351. The molecule has 0 saturated carbocycles. The summed E-state index contributed by atoms with van der Waals surface area (Å²) >= 11 is 3.36. The van der Waals surface area contributed by atoms with Crippen molar-refractivity contribution in [3.8, 4) is 0 Å². The van der Waals surface area contributed by atoms with E-state index in [-0.39, 0.29) is 12.6 Å². The van der Waals surface area contributed by atoms with Gasteiger partial charge in [-0.25, -0.2) is 4.98 Å². The first-order chi connectivity index (χ1) is 8.21. The summed E-state index contributed by atoms with van der Waals surface area (Å²) in [5, 5.41) is 15.2. The van der Waals surface area contributed by atoms with E-state index in [9.17, 15) is 5.11 Å². The number of nitrogens with zero attached hydrogens (tertiary/aromatic N) is 2. The van der Waals surface area contributed by atoms with Crippen LogP contribution in [0.1, 0.15) is 6.42 Å². The Labute approximate surface area is 109 Å². The van der Waals surface area contributed by atoms with Gasteiger partial charge in [0.1, 0.15) is 5.82 Å². The fraction of sp³-hybridized carbons (Fsp3) is 0.600. The Balaban J connectivity index is 2.70. The van der Waals surface area contributed by atoms with Gasteiger partial charge in [0.05, 0.1) is 17.1 Å². The van der Waals surface area contributed by atoms with Crippen molar-refractivity contribution in [2.45, 2.75) is 12.5 Å². The summed E-state index contributed by atoms with van der Waals surface area (Å²) in [6.07, 6.45) is 2.37. The molecule has 1 atom stereocenters. The summed E-state index contributed by atoms with van der Waals surface area (Å²) in [7, 11) is 3.38. The maximum absolute atomic E-state index is 9.24. The Morgan fingerprint density at radius 1 is 1.59 bits per heavy atom. The zero-order valence-electron chi connectivity index (χ0n) is 9.90. The van der Waals surface area contributed by atoms with Gasteiger partial charge in [-0.3, -0.25) is 0 Å². The zero-order chi connectivity index (χ0) is 12.7. The lowest BCUT2D eigenvalue weighted by Crippen LogP contribution is -2.26. The molecule has 0 aliphatic heterocycles. The van der Waals surface area contributed by atoms with Crippen LogP contribution >= 0.6 is 15.9 Å². The van der Waals surface area contributed by atoms with Crippen molar-refractivity contribution in [1.82, 2.24) is 9.97 Å². The van der Waals surface area contributed by atoms with Crippen LogP contribution in [-0.2, 0) is 4.74 Å². The van der Waals surface area contributed by atoms with E-state index in [1.54, 1.807) is 20.4 Å². The first kappa shape index (κ1) is 14.1. The SMILES string of the molecule is CNc1ncc(Br)c(NC(CO)CCOC)n1. The van der Waals surface area contributed by atoms with Crippen molar-refractivity contribution in [3.63, 3.8) is 0 Å². The van der Waals surface area contributed by atoms with Gasteiger partial charge in [0.2, 0.25) is 5.95 Å². The summed E-state index contributed by atoms with van der Waals surface area (Å²) in [5.74, 6) is 1.18. The third-order valence-electron chi connectivity index (χ3n) is 2.20. The number of nitrogens with one attached hydrogen (secondary N) is 2. The minimum absolute atomic E-state index is 0.0225. The molecule has 0 fully saturated rings. The monoisotopic (exact) mass is 304 g/mol. The molecule has 0 spiro atoms. The van der Waals surface area contributed by atoms with E-state index in [1.807, 2.05) is 0 Å². The van der Waals surface area contributed by atoms with E-state index >= 15 is 0 Å². The molecular weight excluding hydrogens is 288 g/mol. The summed E-state index contributed by atoms with van der Waals surface area (Å²) < 4.78 is 5.74. The van der Waals surface area contributed by atoms with Crippen LogP contribution in [0.15, 0.2) is 10.7 Å². The van der Waals surface area contributed by atoms with E-state index in [0.29, 0.717) is 24.8 Å². The van der Waals surface area contributed by atoms with Crippen LogP contribution in [0.25, 0.3) is 0 Å². The van der Waals surface area contributed by atoms with Crippen LogP contribution in [0.2, 0.25) is 0 Å². The number of aromatic nitrogens is 2. The molecule has 96 valence electrons. The van der Waals surface area contributed by atoms with Gasteiger partial charge < -0.3 is 20.5 Å². The first-order valence-electron chi connectivity index (χ1n) is 5.27. The van der Waals surface area contributed by atoms with Crippen LogP contribution in [0, 0.1) is 0 Å². The molecular formula is C10H17BrN4O2. The number of aliphatic hydroxyl groups is 1. The lowest BCUT2D eigenvalue weighted by atomic mass is 10.2. The van der Waals surface area contributed by atoms with E-state index in [2.05, 4.69) is 36.5 Å². The average Bonchev–Trinajstić information content (AvgIpc) is 2.36. The molecule has 1 heterocycles. The van der Waals surface area contributed by atoms with Crippen LogP contribution in [0.4, 0.5) is 11.8 Å². The third kappa shape index (κ3) is 4.45. The number of halogens is 1. The van der Waals surface area contributed by atoms with E-state index < -0.39 is 0 Å². The van der Waals surface area contributed by atoms with Gasteiger partial charge in [-0.2, -0.15) is 4.98 Å². The standard InChI is InChI=1S/C10H17BrN4O2/c1-12-10-13-5-8(11)9(15-10)14-7(6-16)3-4-17-2/h5,7,16H,3-4,6H2,1-2H3,(H2,12,13,14,15). The summed E-state index contributed by atoms with van der Waals surface area (Å²) in [6, 6.07) is -0.0918. The fourth-order valence-electron chi connectivity index (χ4n) is 1.25. The highest BCUT2D eigenvalue weighted by molar-refractivity contribution is 9.10. The number of hydrogen-bond acceptors (Lipinski definition) is 6. The Morgan fingerprint density at radius 2 is 2.35 bits per heavy atom. The average molecular weight is 305 g/mol. The lowest BCUT2D eigenvalue weighted by molar-refractivity contribution is 0.174. The molecule has 6 nitrogen and oxygen atoms in total. The van der Waals surface area contributed by atoms with Crippen LogP contribution in [-0.4, -0.2) is 48.5 Å². The van der Waals surface area contributed by atoms with Gasteiger partial charge in [0.15, 0.2) is 0 Å². The highest BCUT2D eigenvalue weighted by atomic mass is 79.9. The van der Waals surface area contributed by atoms with Gasteiger partial charge in [-0.1, -0.05) is 0 Å². The molecule has 3 N–H and O–H groups in total. The van der Waals surface area contributed by atoms with Crippen molar-refractivity contribution in [1.29, 1.82) is 0 Å². The Kier molecular flexibility index (Phi) is 6.17. The second-order valence-corrected chi connectivity index (χ2v) is 4.30. The maximum atomic E-state index is 9.24. The molecule has 1 aromatic heterocycles. The van der Waals surface area contributed by atoms with Crippen molar-refractivity contribution in [2.75, 3.05) is 38.0 Å². The second kappa shape index (κ2) is 7.41.